The zero-order chi connectivity index (χ0) is 25.3. The molecule has 0 aliphatic rings. The van der Waals surface area contributed by atoms with Gasteiger partial charge in [-0.2, -0.15) is 0 Å². The van der Waals surface area contributed by atoms with Gasteiger partial charge in [-0.3, -0.25) is 0 Å². The highest BCUT2D eigenvalue weighted by Crippen LogP contribution is 2.24. The Hall–Kier alpha value is -4.08. The smallest absolute Gasteiger partial charge is 0.339 e. The van der Waals surface area contributed by atoms with Crippen LogP contribution in [0.1, 0.15) is 67.4 Å². The van der Waals surface area contributed by atoms with Gasteiger partial charge in [-0.05, 0) is 49.2 Å². The summed E-state index contributed by atoms with van der Waals surface area (Å²) in [5.41, 5.74) is 1.36. The fourth-order valence-corrected chi connectivity index (χ4v) is 2.93. The van der Waals surface area contributed by atoms with E-state index in [4.69, 9.17) is 14.6 Å². The van der Waals surface area contributed by atoms with Gasteiger partial charge in [0.1, 0.15) is 11.5 Å². The minimum absolute atomic E-state index is 0. The third-order valence-electron chi connectivity index (χ3n) is 4.50. The quantitative estimate of drug-likeness (QED) is 0.456. The molecule has 0 radical (unpaired) electrons. The lowest BCUT2D eigenvalue weighted by molar-refractivity contribution is 0.0554. The normalized spacial score (nSPS) is 9.11. The molecule has 0 unspecified atom stereocenters. The highest BCUT2D eigenvalue weighted by molar-refractivity contribution is 6.05. The molecule has 2 aromatic carbocycles. The lowest BCUT2D eigenvalue weighted by Gasteiger charge is -2.11. The fourth-order valence-electron chi connectivity index (χ4n) is 2.93. The lowest BCUT2D eigenvalue weighted by atomic mass is 10.0. The van der Waals surface area contributed by atoms with Crippen molar-refractivity contribution < 1.29 is 48.0 Å². The molecule has 0 saturated heterocycles. The van der Waals surface area contributed by atoms with Crippen LogP contribution in [0, 0.1) is 13.8 Å². The van der Waals surface area contributed by atoms with Crippen LogP contribution in [0.15, 0.2) is 24.3 Å². The molecule has 0 fully saturated rings. The summed E-state index contributed by atoms with van der Waals surface area (Å²) in [7, 11) is 6.62. The number of esters is 3. The van der Waals surface area contributed by atoms with E-state index in [1.54, 1.807) is 26.0 Å². The summed E-state index contributed by atoms with van der Waals surface area (Å²) in [5, 5.41) is 8.99. The van der Waals surface area contributed by atoms with Crippen molar-refractivity contribution in [3.8, 4) is 11.5 Å². The van der Waals surface area contributed by atoms with Gasteiger partial charge in [-0.25, -0.2) is 19.2 Å². The van der Waals surface area contributed by atoms with E-state index in [1.165, 1.54) is 47.7 Å². The number of carbonyl (C=O) groups excluding carboxylic acids is 3. The topological polar surface area (TPSA) is 135 Å². The molecule has 0 aliphatic carbocycles. The monoisotopic (exact) mass is 494 g/mol. The summed E-state index contributed by atoms with van der Waals surface area (Å²) in [6, 6.07) is 5.98. The summed E-state index contributed by atoms with van der Waals surface area (Å²) in [5.74, 6) is -2.17. The first kappa shape index (κ1) is 33.1. The minimum Gasteiger partial charge on any atom is -0.497 e. The molecular formula is C25H34O10. The summed E-state index contributed by atoms with van der Waals surface area (Å²) in [6.45, 7) is 3.32. The number of methoxy groups -OCH3 is 5. The Labute approximate surface area is 205 Å². The van der Waals surface area contributed by atoms with E-state index >= 15 is 0 Å². The Bertz CT molecular complexity index is 1060. The lowest BCUT2D eigenvalue weighted by Crippen LogP contribution is -2.13. The molecule has 10 nitrogen and oxygen atoms in total. The van der Waals surface area contributed by atoms with Crippen molar-refractivity contribution in [2.24, 2.45) is 0 Å². The summed E-state index contributed by atoms with van der Waals surface area (Å²) in [4.78, 5) is 45.6. The standard InChI is InChI=1S/C12H14O5.C11H12O5.2CH4/c1-7-5-8(15-2)6-9(11(13)16-3)10(7)12(14)17-4;1-6-4-7(15-2)5-8(10(12)13)9(6)11(14)16-3;;/h5-6H,1-4H3;4-5H,1-3H3,(H,12,13);2*1H4. The van der Waals surface area contributed by atoms with Crippen LogP contribution in [0.4, 0.5) is 0 Å². The number of ether oxygens (including phenoxy) is 5. The fraction of sp³-hybridized carbons (Fsp3) is 0.360. The average Bonchev–Trinajstić information content (AvgIpc) is 2.81. The molecule has 0 heterocycles. The van der Waals surface area contributed by atoms with Gasteiger partial charge in [0.25, 0.3) is 0 Å². The maximum absolute atomic E-state index is 11.6. The van der Waals surface area contributed by atoms with Crippen LogP contribution in [0.5, 0.6) is 11.5 Å². The highest BCUT2D eigenvalue weighted by atomic mass is 16.5. The largest absolute Gasteiger partial charge is 0.497 e. The van der Waals surface area contributed by atoms with E-state index in [9.17, 15) is 19.2 Å². The van der Waals surface area contributed by atoms with Gasteiger partial charge >= 0.3 is 23.9 Å². The van der Waals surface area contributed by atoms with E-state index in [0.29, 0.717) is 22.6 Å². The van der Waals surface area contributed by atoms with E-state index in [0.717, 1.165) is 0 Å². The molecule has 10 heteroatoms. The van der Waals surface area contributed by atoms with Crippen LogP contribution in [0.2, 0.25) is 0 Å². The number of hydrogen-bond donors (Lipinski definition) is 1. The van der Waals surface area contributed by atoms with E-state index in [1.807, 2.05) is 0 Å². The van der Waals surface area contributed by atoms with Crippen LogP contribution in [0.25, 0.3) is 0 Å². The van der Waals surface area contributed by atoms with Crippen molar-refractivity contribution in [1.29, 1.82) is 0 Å². The maximum atomic E-state index is 11.6. The molecule has 0 saturated carbocycles. The number of hydrogen-bond acceptors (Lipinski definition) is 9. The van der Waals surface area contributed by atoms with Gasteiger partial charge in [0.15, 0.2) is 0 Å². The Morgan fingerprint density at radius 3 is 1.26 bits per heavy atom. The summed E-state index contributed by atoms with van der Waals surface area (Å²) < 4.78 is 23.8. The van der Waals surface area contributed by atoms with Crippen molar-refractivity contribution in [1.82, 2.24) is 0 Å². The Morgan fingerprint density at radius 1 is 0.600 bits per heavy atom. The van der Waals surface area contributed by atoms with E-state index < -0.39 is 23.9 Å². The van der Waals surface area contributed by atoms with Gasteiger partial charge < -0.3 is 28.8 Å². The maximum Gasteiger partial charge on any atom is 0.339 e. The van der Waals surface area contributed by atoms with Crippen molar-refractivity contribution in [3.63, 3.8) is 0 Å². The van der Waals surface area contributed by atoms with Crippen molar-refractivity contribution in [3.05, 3.63) is 57.6 Å². The van der Waals surface area contributed by atoms with E-state index in [-0.39, 0.29) is 37.1 Å². The number of carbonyl (C=O) groups is 4. The Balaban J connectivity index is 0. The predicted molar refractivity (Wildman–Crippen MR) is 130 cm³/mol. The molecule has 0 spiro atoms. The summed E-state index contributed by atoms with van der Waals surface area (Å²) >= 11 is 0. The van der Waals surface area contributed by atoms with Crippen LogP contribution in [0.3, 0.4) is 0 Å². The second-order valence-corrected chi connectivity index (χ2v) is 6.51. The van der Waals surface area contributed by atoms with Gasteiger partial charge in [-0.1, -0.05) is 14.9 Å². The van der Waals surface area contributed by atoms with Gasteiger partial charge in [-0.15, -0.1) is 0 Å². The molecule has 0 bridgehead atoms. The molecule has 2 aromatic rings. The third-order valence-corrected chi connectivity index (χ3v) is 4.50. The number of carboxylic acids is 1. The molecule has 1 N–H and O–H groups in total. The molecule has 0 atom stereocenters. The summed E-state index contributed by atoms with van der Waals surface area (Å²) in [6.07, 6.45) is 0. The van der Waals surface area contributed by atoms with Crippen molar-refractivity contribution in [2.75, 3.05) is 35.5 Å². The number of aromatic carboxylic acids is 1. The first-order valence-electron chi connectivity index (χ1n) is 9.41. The highest BCUT2D eigenvalue weighted by Gasteiger charge is 2.22. The zero-order valence-corrected chi connectivity index (χ0v) is 19.4. The minimum atomic E-state index is -1.19. The number of aryl methyl sites for hydroxylation is 2. The Morgan fingerprint density at radius 2 is 0.943 bits per heavy atom. The van der Waals surface area contributed by atoms with Gasteiger partial charge in [0.05, 0.1) is 57.8 Å². The molecule has 0 aromatic heterocycles. The first-order valence-corrected chi connectivity index (χ1v) is 9.41. The SMILES string of the molecule is C.C.COC(=O)c1c(C)cc(OC)cc1C(=O)O.COC(=O)c1cc(OC)cc(C)c1C(=O)OC. The number of carboxylic acid groups (broad SMARTS) is 1. The first-order chi connectivity index (χ1) is 15.6. The van der Waals surface area contributed by atoms with Crippen molar-refractivity contribution in [2.45, 2.75) is 28.7 Å². The predicted octanol–water partition coefficient (Wildman–Crippen LogP) is 4.34. The Kier molecular flexibility index (Phi) is 14.1. The van der Waals surface area contributed by atoms with Crippen LogP contribution in [-0.4, -0.2) is 64.5 Å². The van der Waals surface area contributed by atoms with Crippen molar-refractivity contribution >= 4 is 23.9 Å². The van der Waals surface area contributed by atoms with E-state index in [2.05, 4.69) is 14.2 Å². The molecular weight excluding hydrogens is 460 g/mol. The molecule has 2 rings (SSSR count). The number of benzene rings is 2. The molecule has 194 valence electrons. The molecule has 0 aliphatic heterocycles. The second kappa shape index (κ2) is 14.9. The molecule has 35 heavy (non-hydrogen) atoms. The van der Waals surface area contributed by atoms with Crippen LogP contribution in [-0.2, 0) is 14.2 Å². The molecule has 0 amide bonds. The third kappa shape index (κ3) is 8.02. The zero-order valence-electron chi connectivity index (χ0n) is 19.4. The van der Waals surface area contributed by atoms with Crippen LogP contribution >= 0.6 is 0 Å². The average molecular weight is 495 g/mol. The van der Waals surface area contributed by atoms with Gasteiger partial charge in [0.2, 0.25) is 0 Å². The van der Waals surface area contributed by atoms with Crippen LogP contribution < -0.4 is 9.47 Å². The second-order valence-electron chi connectivity index (χ2n) is 6.51. The van der Waals surface area contributed by atoms with Gasteiger partial charge in [0, 0.05) is 0 Å². The number of rotatable bonds is 6.